The van der Waals surface area contributed by atoms with E-state index in [9.17, 15) is 0 Å². The molecule has 12 heavy (non-hydrogen) atoms. The highest BCUT2D eigenvalue weighted by molar-refractivity contribution is 8.06. The van der Waals surface area contributed by atoms with Crippen molar-refractivity contribution >= 4 is 11.8 Å². The molecule has 2 rings (SSSR count). The van der Waals surface area contributed by atoms with Crippen LogP contribution in [-0.2, 0) is 0 Å². The van der Waals surface area contributed by atoms with E-state index in [0.29, 0.717) is 0 Å². The van der Waals surface area contributed by atoms with Gasteiger partial charge in [-0.2, -0.15) is 11.8 Å². The summed E-state index contributed by atoms with van der Waals surface area (Å²) in [5, 5.41) is 0.834. The van der Waals surface area contributed by atoms with Gasteiger partial charge in [0.15, 0.2) is 0 Å². The fourth-order valence-electron chi connectivity index (χ4n) is 0.974. The third-order valence-electron chi connectivity index (χ3n) is 1.74. The van der Waals surface area contributed by atoms with Gasteiger partial charge in [-0.1, -0.05) is 30.0 Å². The van der Waals surface area contributed by atoms with Crippen LogP contribution in [0.2, 0.25) is 0 Å². The number of hydrogen-bond donors (Lipinski definition) is 0. The molecule has 0 aromatic heterocycles. The average molecular weight is 174 g/mol. The molecule has 1 atom stereocenters. The molecule has 1 saturated heterocycles. The molecule has 1 fully saturated rings. The third kappa shape index (κ3) is 2.32. The molecule has 1 aliphatic rings. The Morgan fingerprint density at radius 3 is 2.75 bits per heavy atom. The lowest BCUT2D eigenvalue weighted by Crippen LogP contribution is -1.77. The Morgan fingerprint density at radius 2 is 2.08 bits per heavy atom. The minimum Gasteiger partial charge on any atom is -0.156 e. The van der Waals surface area contributed by atoms with Crippen molar-refractivity contribution in [2.24, 2.45) is 0 Å². The van der Waals surface area contributed by atoms with Crippen LogP contribution in [0.15, 0.2) is 30.3 Å². The molecular weight excluding hydrogens is 164 g/mol. The van der Waals surface area contributed by atoms with E-state index >= 15 is 0 Å². The third-order valence-corrected chi connectivity index (χ3v) is 2.71. The van der Waals surface area contributed by atoms with E-state index in [-0.39, 0.29) is 0 Å². The monoisotopic (exact) mass is 174 g/mol. The fourth-order valence-corrected chi connectivity index (χ4v) is 1.43. The quantitative estimate of drug-likeness (QED) is 0.466. The molecule has 0 nitrogen and oxygen atoms in total. The number of benzene rings is 1. The minimum absolute atomic E-state index is 0.834. The van der Waals surface area contributed by atoms with Crippen molar-refractivity contribution in [1.29, 1.82) is 0 Å². The van der Waals surface area contributed by atoms with Crippen LogP contribution in [0.3, 0.4) is 0 Å². The number of hydrogen-bond acceptors (Lipinski definition) is 1. The fraction of sp³-hybridized carbons (Fsp3) is 0.273. The Kier molecular flexibility index (Phi) is 2.39. The normalized spacial score (nSPS) is 19.5. The van der Waals surface area contributed by atoms with Gasteiger partial charge in [0.05, 0.1) is 0 Å². The molecule has 1 aromatic rings. The smallest absolute Gasteiger partial charge is 0.0248 e. The van der Waals surface area contributed by atoms with Crippen LogP contribution in [0, 0.1) is 11.8 Å². The first-order valence-corrected chi connectivity index (χ1v) is 5.15. The zero-order chi connectivity index (χ0) is 8.23. The van der Waals surface area contributed by atoms with Crippen LogP contribution in [0.25, 0.3) is 0 Å². The van der Waals surface area contributed by atoms with Crippen molar-refractivity contribution in [2.45, 2.75) is 11.7 Å². The predicted molar refractivity (Wildman–Crippen MR) is 54.2 cm³/mol. The molecule has 0 bridgehead atoms. The zero-order valence-electron chi connectivity index (χ0n) is 6.79. The highest BCUT2D eigenvalue weighted by Crippen LogP contribution is 2.32. The summed E-state index contributed by atoms with van der Waals surface area (Å²) >= 11 is 2.00. The van der Waals surface area contributed by atoms with Gasteiger partial charge in [0.1, 0.15) is 0 Å². The molecular formula is C11H10S. The molecule has 0 saturated carbocycles. The van der Waals surface area contributed by atoms with Gasteiger partial charge in [0.25, 0.3) is 0 Å². The molecule has 0 radical (unpaired) electrons. The maximum Gasteiger partial charge on any atom is 0.0248 e. The minimum atomic E-state index is 0.834. The van der Waals surface area contributed by atoms with Gasteiger partial charge in [-0.25, -0.2) is 0 Å². The molecule has 0 aliphatic carbocycles. The molecule has 1 aliphatic heterocycles. The molecule has 1 aromatic carbocycles. The molecule has 0 spiro atoms. The van der Waals surface area contributed by atoms with Crippen LogP contribution in [0.5, 0.6) is 0 Å². The second-order valence-electron chi connectivity index (χ2n) is 2.83. The molecule has 60 valence electrons. The molecule has 0 amide bonds. The number of rotatable bonds is 1. The first-order chi connectivity index (χ1) is 5.95. The van der Waals surface area contributed by atoms with Gasteiger partial charge in [0, 0.05) is 23.0 Å². The van der Waals surface area contributed by atoms with E-state index in [0.717, 1.165) is 17.2 Å². The maximum atomic E-state index is 3.19. The van der Waals surface area contributed by atoms with Gasteiger partial charge in [-0.05, 0) is 12.1 Å². The lowest BCUT2D eigenvalue weighted by Gasteiger charge is -1.85. The highest BCUT2D eigenvalue weighted by Gasteiger charge is 2.20. The summed E-state index contributed by atoms with van der Waals surface area (Å²) in [6.45, 7) is 0. The molecule has 1 heterocycles. The van der Waals surface area contributed by atoms with Gasteiger partial charge >= 0.3 is 0 Å². The van der Waals surface area contributed by atoms with Crippen molar-refractivity contribution in [1.82, 2.24) is 0 Å². The van der Waals surface area contributed by atoms with E-state index in [4.69, 9.17) is 0 Å². The largest absolute Gasteiger partial charge is 0.156 e. The molecule has 1 heteroatoms. The highest BCUT2D eigenvalue weighted by atomic mass is 32.2. The van der Waals surface area contributed by atoms with Crippen LogP contribution in [-0.4, -0.2) is 11.0 Å². The second kappa shape index (κ2) is 3.69. The Bertz CT molecular complexity index is 301. The average Bonchev–Trinajstić information content (AvgIpc) is 2.90. The summed E-state index contributed by atoms with van der Waals surface area (Å²) in [4.78, 5) is 0. The number of thioether (sulfide) groups is 1. The van der Waals surface area contributed by atoms with Gasteiger partial charge in [-0.15, -0.1) is 0 Å². The van der Waals surface area contributed by atoms with E-state index in [2.05, 4.69) is 11.8 Å². The van der Waals surface area contributed by atoms with Crippen molar-refractivity contribution in [3.63, 3.8) is 0 Å². The van der Waals surface area contributed by atoms with Crippen LogP contribution in [0.4, 0.5) is 0 Å². The van der Waals surface area contributed by atoms with Crippen LogP contribution < -0.4 is 0 Å². The topological polar surface area (TPSA) is 0 Å². The maximum absolute atomic E-state index is 3.19. The van der Waals surface area contributed by atoms with Gasteiger partial charge in [0.2, 0.25) is 0 Å². The Balaban J connectivity index is 1.95. The Hall–Kier alpha value is -0.870. The Morgan fingerprint density at radius 1 is 1.33 bits per heavy atom. The van der Waals surface area contributed by atoms with E-state index in [1.54, 1.807) is 0 Å². The lowest BCUT2D eigenvalue weighted by atomic mass is 10.2. The molecule has 1 unspecified atom stereocenters. The van der Waals surface area contributed by atoms with Gasteiger partial charge in [-0.3, -0.25) is 0 Å². The summed E-state index contributed by atoms with van der Waals surface area (Å²) < 4.78 is 0. The summed E-state index contributed by atoms with van der Waals surface area (Å²) in [5.74, 6) is 7.65. The summed E-state index contributed by atoms with van der Waals surface area (Å²) in [5.41, 5.74) is 1.13. The first kappa shape index (κ1) is 7.76. The van der Waals surface area contributed by atoms with E-state index < -0.39 is 0 Å². The van der Waals surface area contributed by atoms with Crippen molar-refractivity contribution in [3.05, 3.63) is 35.9 Å². The van der Waals surface area contributed by atoms with Crippen molar-refractivity contribution < 1.29 is 0 Å². The summed E-state index contributed by atoms with van der Waals surface area (Å²) in [6, 6.07) is 10.2. The van der Waals surface area contributed by atoms with E-state index in [1.807, 2.05) is 42.1 Å². The predicted octanol–water partition coefficient (Wildman–Crippen LogP) is 2.54. The van der Waals surface area contributed by atoms with Crippen LogP contribution >= 0.6 is 11.8 Å². The molecule has 0 N–H and O–H groups in total. The summed E-state index contributed by atoms with van der Waals surface area (Å²) in [6.07, 6.45) is 1.06. The summed E-state index contributed by atoms with van der Waals surface area (Å²) in [7, 11) is 0. The zero-order valence-corrected chi connectivity index (χ0v) is 7.60. The first-order valence-electron chi connectivity index (χ1n) is 4.11. The second-order valence-corrected chi connectivity index (χ2v) is 4.16. The SMILES string of the molecule is C(#Cc1ccccc1)CC1CS1. The lowest BCUT2D eigenvalue weighted by molar-refractivity contribution is 1.11. The van der Waals surface area contributed by atoms with Gasteiger partial charge < -0.3 is 0 Å². The van der Waals surface area contributed by atoms with E-state index in [1.165, 1.54) is 5.75 Å². The van der Waals surface area contributed by atoms with Crippen molar-refractivity contribution in [2.75, 3.05) is 5.75 Å². The van der Waals surface area contributed by atoms with Crippen molar-refractivity contribution in [3.8, 4) is 11.8 Å². The standard InChI is InChI=1S/C11H10S/c1-2-5-10(6-3-1)7-4-8-11-9-12-11/h1-3,5-6,11H,8-9H2. The Labute approximate surface area is 77.4 Å². The van der Waals surface area contributed by atoms with Crippen LogP contribution in [0.1, 0.15) is 12.0 Å².